The first kappa shape index (κ1) is 26.9. The number of hydrogen-bond acceptors (Lipinski definition) is 4. The summed E-state index contributed by atoms with van der Waals surface area (Å²) in [7, 11) is 0. The molecule has 4 nitrogen and oxygen atoms in total. The molecule has 0 bridgehead atoms. The molecule has 0 aliphatic heterocycles. The topological polar surface area (TPSA) is 39.7 Å². The smallest absolute Gasteiger partial charge is 0.0689 e. The standard InChI is InChI=1S/C26H33N4.Y/c1-7-28-29-19-21(4)22(5)25-15-13-24(14-16-25)17-18-27-23(6)30(20(2)3)26-11-9-8-10-12-26;/h7-16,18-20,27-28H,1,6,17H2,2-5H3;/q-1;/b22-21+,29-19-;. The van der Waals surface area contributed by atoms with E-state index in [0.717, 1.165) is 23.5 Å². The molecule has 31 heavy (non-hydrogen) atoms. The Morgan fingerprint density at radius 2 is 1.74 bits per heavy atom. The fraction of sp³-hybridized carbons (Fsp3) is 0.231. The van der Waals surface area contributed by atoms with Gasteiger partial charge in [-0.3, -0.25) is 5.43 Å². The van der Waals surface area contributed by atoms with Crippen molar-refractivity contribution in [3.05, 3.63) is 103 Å². The zero-order valence-corrected chi connectivity index (χ0v) is 21.9. The number of nitrogens with zero attached hydrogens (tertiary/aromatic N) is 2. The van der Waals surface area contributed by atoms with Crippen molar-refractivity contribution in [2.45, 2.75) is 40.2 Å². The van der Waals surface area contributed by atoms with E-state index in [1.807, 2.05) is 25.1 Å². The molecule has 0 atom stereocenters. The van der Waals surface area contributed by atoms with Crippen molar-refractivity contribution in [1.29, 1.82) is 0 Å². The van der Waals surface area contributed by atoms with Gasteiger partial charge in [-0.2, -0.15) is 5.10 Å². The zero-order chi connectivity index (χ0) is 21.9. The van der Waals surface area contributed by atoms with E-state index in [1.165, 1.54) is 16.7 Å². The molecule has 0 spiro atoms. The van der Waals surface area contributed by atoms with Gasteiger partial charge in [0.15, 0.2) is 0 Å². The summed E-state index contributed by atoms with van der Waals surface area (Å²) in [5.74, 6) is 0.870. The molecule has 2 rings (SSSR count). The Morgan fingerprint density at radius 3 is 2.32 bits per heavy atom. The summed E-state index contributed by atoms with van der Waals surface area (Å²) in [6.07, 6.45) is 4.17. The fourth-order valence-electron chi connectivity index (χ4n) is 3.11. The second kappa shape index (κ2) is 14.0. The van der Waals surface area contributed by atoms with Gasteiger partial charge < -0.3 is 10.2 Å². The predicted molar refractivity (Wildman–Crippen MR) is 131 cm³/mol. The average molecular weight is 490 g/mol. The summed E-state index contributed by atoms with van der Waals surface area (Å²) in [6, 6.07) is 19.2. The molecule has 2 N–H and O–H groups in total. The molecule has 0 aliphatic rings. The second-order valence-electron chi connectivity index (χ2n) is 7.39. The molecule has 2 aromatic carbocycles. The molecule has 0 aliphatic carbocycles. The van der Waals surface area contributed by atoms with E-state index in [0.29, 0.717) is 6.04 Å². The Labute approximate surface area is 213 Å². The molecule has 0 aromatic heterocycles. The molecule has 5 heteroatoms. The van der Waals surface area contributed by atoms with Gasteiger partial charge in [-0.15, -0.1) is 6.42 Å². The maximum atomic E-state index is 4.23. The Hall–Kier alpha value is -2.17. The summed E-state index contributed by atoms with van der Waals surface area (Å²) < 4.78 is 0. The predicted octanol–water partition coefficient (Wildman–Crippen LogP) is 5.88. The minimum Gasteiger partial charge on any atom is -0.521 e. The van der Waals surface area contributed by atoms with Gasteiger partial charge in [0.25, 0.3) is 0 Å². The van der Waals surface area contributed by atoms with Gasteiger partial charge in [-0.1, -0.05) is 61.2 Å². The van der Waals surface area contributed by atoms with Gasteiger partial charge in [0, 0.05) is 50.6 Å². The number of allylic oxidation sites excluding steroid dienone is 2. The molecule has 0 saturated carbocycles. The van der Waals surface area contributed by atoms with Gasteiger partial charge in [0.1, 0.15) is 0 Å². The molecule has 2 aromatic rings. The summed E-state index contributed by atoms with van der Waals surface area (Å²) in [4.78, 5) is 2.19. The molecular formula is C26H33N4Y-. The molecule has 0 amide bonds. The van der Waals surface area contributed by atoms with E-state index in [1.54, 1.807) is 12.4 Å². The fourth-order valence-corrected chi connectivity index (χ4v) is 3.11. The molecule has 1 radical (unpaired) electrons. The third-order valence-corrected chi connectivity index (χ3v) is 4.85. The first-order valence-electron chi connectivity index (χ1n) is 10.2. The second-order valence-corrected chi connectivity index (χ2v) is 7.39. The van der Waals surface area contributed by atoms with Crippen LogP contribution in [0.25, 0.3) is 5.57 Å². The largest absolute Gasteiger partial charge is 0.521 e. The minimum absolute atomic E-state index is 0. The van der Waals surface area contributed by atoms with Crippen LogP contribution in [0.15, 0.2) is 90.5 Å². The number of para-hydroxylation sites is 1. The Balaban J connectivity index is 0.00000480. The molecule has 0 heterocycles. The van der Waals surface area contributed by atoms with Crippen molar-refractivity contribution in [3.8, 4) is 0 Å². The van der Waals surface area contributed by atoms with E-state index in [9.17, 15) is 0 Å². The van der Waals surface area contributed by atoms with Crippen LogP contribution < -0.4 is 15.6 Å². The van der Waals surface area contributed by atoms with E-state index < -0.39 is 0 Å². The van der Waals surface area contributed by atoms with Gasteiger partial charge in [0.2, 0.25) is 0 Å². The number of hydrogen-bond donors (Lipinski definition) is 2. The monoisotopic (exact) mass is 490 g/mol. The van der Waals surface area contributed by atoms with Crippen LogP contribution in [-0.4, -0.2) is 12.3 Å². The number of benzene rings is 2. The van der Waals surface area contributed by atoms with Gasteiger partial charge in [0.05, 0.1) is 12.0 Å². The molecule has 161 valence electrons. The average Bonchev–Trinajstić information content (AvgIpc) is 2.74. The molecule has 0 saturated heterocycles. The first-order valence-corrected chi connectivity index (χ1v) is 10.2. The van der Waals surface area contributed by atoms with Crippen LogP contribution in [0.4, 0.5) is 5.69 Å². The minimum atomic E-state index is 0. The van der Waals surface area contributed by atoms with Crippen LogP contribution in [0.1, 0.15) is 38.8 Å². The van der Waals surface area contributed by atoms with Crippen LogP contribution in [0.3, 0.4) is 0 Å². The maximum Gasteiger partial charge on any atom is 0.0689 e. The van der Waals surface area contributed by atoms with Crippen LogP contribution in [-0.2, 0) is 39.1 Å². The number of hydrazone groups is 1. The van der Waals surface area contributed by atoms with Crippen molar-refractivity contribution >= 4 is 17.5 Å². The molecule has 0 unspecified atom stereocenters. The van der Waals surface area contributed by atoms with Gasteiger partial charge >= 0.3 is 0 Å². The van der Waals surface area contributed by atoms with Crippen LogP contribution in [0.2, 0.25) is 0 Å². The van der Waals surface area contributed by atoms with Crippen molar-refractivity contribution in [2.75, 3.05) is 4.90 Å². The first-order chi connectivity index (χ1) is 14.4. The number of rotatable bonds is 11. The Morgan fingerprint density at radius 1 is 1.10 bits per heavy atom. The van der Waals surface area contributed by atoms with Crippen molar-refractivity contribution in [3.63, 3.8) is 0 Å². The zero-order valence-electron chi connectivity index (χ0n) is 19.1. The third kappa shape index (κ3) is 8.47. The Kier molecular flexibility index (Phi) is 12.1. The molecular weight excluding hydrogens is 457 g/mol. The van der Waals surface area contributed by atoms with E-state index in [2.05, 4.69) is 97.6 Å². The van der Waals surface area contributed by atoms with Crippen molar-refractivity contribution in [1.82, 2.24) is 10.7 Å². The Bertz CT molecular complexity index is 883. The summed E-state index contributed by atoms with van der Waals surface area (Å²) in [6.45, 7) is 18.3. The summed E-state index contributed by atoms with van der Waals surface area (Å²) >= 11 is 0. The number of anilines is 1. The van der Waals surface area contributed by atoms with Gasteiger partial charge in [-0.05, 0) is 56.5 Å². The summed E-state index contributed by atoms with van der Waals surface area (Å²) in [5.41, 5.74) is 8.59. The quantitative estimate of drug-likeness (QED) is 0.235. The SMILES string of the molecule is C=CN/N=C\C(C)=C(/C)c1ccc(C[CH-]NC(=C)N(c2ccccc2)C(C)C)cc1.[Y]. The van der Waals surface area contributed by atoms with Crippen LogP contribution in [0, 0.1) is 6.54 Å². The van der Waals surface area contributed by atoms with Gasteiger partial charge in [-0.25, -0.2) is 6.54 Å². The van der Waals surface area contributed by atoms with Crippen molar-refractivity contribution in [2.24, 2.45) is 5.10 Å². The van der Waals surface area contributed by atoms with E-state index in [4.69, 9.17) is 0 Å². The summed E-state index contributed by atoms with van der Waals surface area (Å²) in [5, 5.41) is 7.44. The van der Waals surface area contributed by atoms with Crippen LogP contribution >= 0.6 is 0 Å². The van der Waals surface area contributed by atoms with E-state index >= 15 is 0 Å². The van der Waals surface area contributed by atoms with E-state index in [-0.39, 0.29) is 32.7 Å². The molecule has 0 fully saturated rings. The normalized spacial score (nSPS) is 11.5. The number of nitrogens with one attached hydrogen (secondary N) is 2. The van der Waals surface area contributed by atoms with Crippen molar-refractivity contribution < 1.29 is 32.7 Å². The maximum absolute atomic E-state index is 4.23. The van der Waals surface area contributed by atoms with Crippen LogP contribution in [0.5, 0.6) is 0 Å². The third-order valence-electron chi connectivity index (χ3n) is 4.85.